The van der Waals surface area contributed by atoms with Gasteiger partial charge in [-0.3, -0.25) is 10.1 Å². The molecule has 0 aliphatic carbocycles. The molecule has 94 valence electrons. The number of rotatable bonds is 2. The van der Waals surface area contributed by atoms with Crippen LogP contribution >= 0.6 is 0 Å². The topological polar surface area (TPSA) is 83.7 Å². The number of pyridine rings is 1. The number of hydrogen-bond donors (Lipinski definition) is 2. The Labute approximate surface area is 105 Å². The minimum atomic E-state index is 0.319. The molecule has 2 aromatic rings. The normalized spacial score (nSPS) is 17.1. The summed E-state index contributed by atoms with van der Waals surface area (Å²) in [5.74, 6) is 1.54. The van der Waals surface area contributed by atoms with Gasteiger partial charge in [0, 0.05) is 37.1 Å². The first kappa shape index (κ1) is 11.2. The number of hydrogen-bond acceptors (Lipinski definition) is 5. The fourth-order valence-electron chi connectivity index (χ4n) is 2.13. The van der Waals surface area contributed by atoms with E-state index in [1.54, 1.807) is 12.4 Å². The van der Waals surface area contributed by atoms with Crippen LogP contribution in [-0.4, -0.2) is 39.3 Å². The fraction of sp³-hybridized carbons (Fsp3) is 0.417. The third-order valence-electron chi connectivity index (χ3n) is 3.25. The van der Waals surface area contributed by atoms with Crippen molar-refractivity contribution in [3.8, 4) is 11.4 Å². The van der Waals surface area contributed by atoms with E-state index in [4.69, 9.17) is 5.73 Å². The summed E-state index contributed by atoms with van der Waals surface area (Å²) in [6, 6.07) is 4.15. The van der Waals surface area contributed by atoms with E-state index in [1.807, 2.05) is 12.1 Å². The van der Waals surface area contributed by atoms with E-state index in [9.17, 15) is 0 Å². The van der Waals surface area contributed by atoms with Crippen LogP contribution in [0.2, 0.25) is 0 Å². The van der Waals surface area contributed by atoms with Gasteiger partial charge in [-0.2, -0.15) is 4.98 Å². The Balaban J connectivity index is 1.78. The molecule has 1 aliphatic heterocycles. The molecule has 0 radical (unpaired) electrons. The molecule has 0 amide bonds. The van der Waals surface area contributed by atoms with Gasteiger partial charge in [-0.1, -0.05) is 0 Å². The first-order valence-electron chi connectivity index (χ1n) is 6.16. The Morgan fingerprint density at radius 1 is 1.22 bits per heavy atom. The number of nitrogens with zero attached hydrogens (tertiary/aromatic N) is 4. The van der Waals surface area contributed by atoms with E-state index in [-0.39, 0.29) is 0 Å². The molecule has 1 saturated heterocycles. The van der Waals surface area contributed by atoms with E-state index in [1.165, 1.54) is 0 Å². The number of nitrogens with two attached hydrogens (primary N) is 1. The highest BCUT2D eigenvalue weighted by atomic mass is 15.4. The van der Waals surface area contributed by atoms with Crippen LogP contribution < -0.4 is 10.6 Å². The van der Waals surface area contributed by atoms with Crippen molar-refractivity contribution in [1.29, 1.82) is 0 Å². The van der Waals surface area contributed by atoms with Gasteiger partial charge in [-0.15, -0.1) is 5.10 Å². The summed E-state index contributed by atoms with van der Waals surface area (Å²) in [6.07, 6.45) is 5.49. The summed E-state index contributed by atoms with van der Waals surface area (Å²) in [6.45, 7) is 1.85. The number of aromatic nitrogens is 4. The molecule has 0 saturated carbocycles. The zero-order valence-corrected chi connectivity index (χ0v) is 10.1. The van der Waals surface area contributed by atoms with Gasteiger partial charge in [0.05, 0.1) is 0 Å². The maximum absolute atomic E-state index is 5.89. The van der Waals surface area contributed by atoms with Crippen molar-refractivity contribution in [3.63, 3.8) is 0 Å². The highest BCUT2D eigenvalue weighted by Gasteiger charge is 2.19. The maximum Gasteiger partial charge on any atom is 0.245 e. The van der Waals surface area contributed by atoms with Gasteiger partial charge in [-0.05, 0) is 25.0 Å². The molecular formula is C12H16N6. The number of nitrogens with one attached hydrogen (secondary N) is 1. The van der Waals surface area contributed by atoms with Crippen LogP contribution in [0.3, 0.4) is 0 Å². The third kappa shape index (κ3) is 2.19. The summed E-state index contributed by atoms with van der Waals surface area (Å²) in [4.78, 5) is 10.7. The Morgan fingerprint density at radius 2 is 1.94 bits per heavy atom. The van der Waals surface area contributed by atoms with Crippen LogP contribution in [-0.2, 0) is 0 Å². The zero-order chi connectivity index (χ0) is 12.4. The van der Waals surface area contributed by atoms with E-state index >= 15 is 0 Å². The second-order valence-electron chi connectivity index (χ2n) is 4.54. The van der Waals surface area contributed by atoms with Gasteiger partial charge in [0.1, 0.15) is 0 Å². The van der Waals surface area contributed by atoms with Crippen LogP contribution in [0.4, 0.5) is 5.95 Å². The monoisotopic (exact) mass is 244 g/mol. The number of anilines is 1. The van der Waals surface area contributed by atoms with Crippen molar-refractivity contribution in [3.05, 3.63) is 24.5 Å². The quantitative estimate of drug-likeness (QED) is 0.816. The highest BCUT2D eigenvalue weighted by Crippen LogP contribution is 2.19. The molecule has 0 bridgehead atoms. The summed E-state index contributed by atoms with van der Waals surface area (Å²) >= 11 is 0. The molecule has 6 nitrogen and oxygen atoms in total. The Kier molecular flexibility index (Phi) is 2.93. The number of piperidine rings is 1. The smallest absolute Gasteiger partial charge is 0.245 e. The molecular weight excluding hydrogens is 228 g/mol. The Morgan fingerprint density at radius 3 is 2.67 bits per heavy atom. The van der Waals surface area contributed by atoms with Crippen LogP contribution in [0.25, 0.3) is 11.4 Å². The lowest BCUT2D eigenvalue weighted by Crippen LogP contribution is -2.40. The van der Waals surface area contributed by atoms with Crippen LogP contribution in [0, 0.1) is 0 Å². The van der Waals surface area contributed by atoms with Crippen molar-refractivity contribution < 1.29 is 0 Å². The van der Waals surface area contributed by atoms with Gasteiger partial charge >= 0.3 is 0 Å². The molecule has 1 aliphatic rings. The minimum absolute atomic E-state index is 0.319. The molecule has 3 heterocycles. The van der Waals surface area contributed by atoms with E-state index < -0.39 is 0 Å². The fourth-order valence-corrected chi connectivity index (χ4v) is 2.13. The zero-order valence-electron chi connectivity index (χ0n) is 10.1. The van der Waals surface area contributed by atoms with Crippen molar-refractivity contribution >= 4 is 5.95 Å². The highest BCUT2D eigenvalue weighted by molar-refractivity contribution is 5.55. The summed E-state index contributed by atoms with van der Waals surface area (Å²) in [7, 11) is 0. The number of H-pyrrole nitrogens is 1. The molecule has 3 N–H and O–H groups in total. The first-order valence-corrected chi connectivity index (χ1v) is 6.16. The summed E-state index contributed by atoms with van der Waals surface area (Å²) in [5, 5.41) is 7.24. The van der Waals surface area contributed by atoms with Crippen molar-refractivity contribution in [2.75, 3.05) is 18.0 Å². The average molecular weight is 244 g/mol. The molecule has 0 unspecified atom stereocenters. The lowest BCUT2D eigenvalue weighted by molar-refractivity contribution is 0.496. The largest absolute Gasteiger partial charge is 0.339 e. The standard InChI is InChI=1S/C12H16N6/c13-10-3-7-18(8-4-10)12-15-11(16-17-12)9-1-5-14-6-2-9/h1-2,5-6,10H,3-4,7-8,13H2,(H,15,16,17). The van der Waals surface area contributed by atoms with Crippen LogP contribution in [0.15, 0.2) is 24.5 Å². The average Bonchev–Trinajstić information content (AvgIpc) is 2.90. The predicted molar refractivity (Wildman–Crippen MR) is 69.0 cm³/mol. The van der Waals surface area contributed by atoms with Crippen LogP contribution in [0.5, 0.6) is 0 Å². The predicted octanol–water partition coefficient (Wildman–Crippen LogP) is 0.794. The number of aromatic amines is 1. The molecule has 6 heteroatoms. The second-order valence-corrected chi connectivity index (χ2v) is 4.54. The molecule has 18 heavy (non-hydrogen) atoms. The lowest BCUT2D eigenvalue weighted by Gasteiger charge is -2.28. The Bertz CT molecular complexity index is 500. The van der Waals surface area contributed by atoms with Gasteiger partial charge in [0.25, 0.3) is 0 Å². The molecule has 0 atom stereocenters. The maximum atomic E-state index is 5.89. The van der Waals surface area contributed by atoms with Crippen molar-refractivity contribution in [2.45, 2.75) is 18.9 Å². The third-order valence-corrected chi connectivity index (χ3v) is 3.25. The second kappa shape index (κ2) is 4.73. The lowest BCUT2D eigenvalue weighted by atomic mass is 10.1. The van der Waals surface area contributed by atoms with E-state index in [0.717, 1.165) is 43.3 Å². The van der Waals surface area contributed by atoms with E-state index in [0.29, 0.717) is 6.04 Å². The van der Waals surface area contributed by atoms with Gasteiger partial charge < -0.3 is 10.6 Å². The van der Waals surface area contributed by atoms with Crippen molar-refractivity contribution in [2.24, 2.45) is 5.73 Å². The molecule has 3 rings (SSSR count). The van der Waals surface area contributed by atoms with Gasteiger partial charge in [0.15, 0.2) is 5.82 Å². The summed E-state index contributed by atoms with van der Waals surface area (Å²) < 4.78 is 0. The van der Waals surface area contributed by atoms with Crippen molar-refractivity contribution in [1.82, 2.24) is 20.2 Å². The van der Waals surface area contributed by atoms with Gasteiger partial charge in [-0.25, -0.2) is 0 Å². The Hall–Kier alpha value is -1.95. The SMILES string of the molecule is NC1CCN(c2n[nH]c(-c3ccncc3)n2)CC1. The summed E-state index contributed by atoms with van der Waals surface area (Å²) in [5.41, 5.74) is 6.89. The van der Waals surface area contributed by atoms with Gasteiger partial charge in [0.2, 0.25) is 5.95 Å². The molecule has 0 aromatic carbocycles. The molecule has 0 spiro atoms. The van der Waals surface area contributed by atoms with E-state index in [2.05, 4.69) is 25.1 Å². The minimum Gasteiger partial charge on any atom is -0.339 e. The molecule has 1 fully saturated rings. The molecule has 2 aromatic heterocycles. The first-order chi connectivity index (χ1) is 8.83. The van der Waals surface area contributed by atoms with Crippen LogP contribution in [0.1, 0.15) is 12.8 Å².